The van der Waals surface area contributed by atoms with Gasteiger partial charge in [0.05, 0.1) is 0 Å². The van der Waals surface area contributed by atoms with E-state index in [0.717, 1.165) is 12.6 Å². The zero-order chi connectivity index (χ0) is 19.6. The molecule has 6 nitrogen and oxygen atoms in total. The number of hydrogen-bond acceptors (Lipinski definition) is 4. The molecule has 1 aromatic carbocycles. The monoisotopic (exact) mass is 440 g/mol. The molecule has 2 heterocycles. The quantitative estimate of drug-likeness (QED) is 0.700. The Hall–Kier alpha value is -1.44. The minimum absolute atomic E-state index is 0.849. The summed E-state index contributed by atoms with van der Waals surface area (Å²) in [5.41, 5.74) is 1.43. The van der Waals surface area contributed by atoms with Crippen molar-refractivity contribution in [2.75, 3.05) is 26.2 Å². The van der Waals surface area contributed by atoms with E-state index >= 15 is 0 Å². The summed E-state index contributed by atoms with van der Waals surface area (Å²) in [7, 11) is 0. The lowest BCUT2D eigenvalue weighted by Gasteiger charge is -2.38. The van der Waals surface area contributed by atoms with Crippen LogP contribution < -0.4 is 0 Å². The van der Waals surface area contributed by atoms with E-state index in [4.69, 9.17) is 19.8 Å². The van der Waals surface area contributed by atoms with Crippen molar-refractivity contribution >= 4 is 27.9 Å². The van der Waals surface area contributed by atoms with Crippen LogP contribution in [0.25, 0.3) is 0 Å². The Morgan fingerprint density at radius 2 is 1.56 bits per heavy atom. The fourth-order valence-electron chi connectivity index (χ4n) is 3.80. The summed E-state index contributed by atoms with van der Waals surface area (Å²) < 4.78 is 1.19. The largest absolute Gasteiger partial charge is 0.473 e. The van der Waals surface area contributed by atoms with Gasteiger partial charge < -0.3 is 15.1 Å². The second-order valence-corrected chi connectivity index (χ2v) is 8.11. The molecule has 150 valence electrons. The maximum Gasteiger partial charge on any atom is 0.414 e. The van der Waals surface area contributed by atoms with Gasteiger partial charge in [-0.1, -0.05) is 40.9 Å². The predicted molar refractivity (Wildman–Crippen MR) is 108 cm³/mol. The van der Waals surface area contributed by atoms with Gasteiger partial charge in [0.2, 0.25) is 0 Å². The third-order valence-corrected chi connectivity index (χ3v) is 5.69. The first kappa shape index (κ1) is 21.9. The van der Waals surface area contributed by atoms with E-state index in [2.05, 4.69) is 50.0 Å². The first-order valence-corrected chi connectivity index (χ1v) is 10.4. The molecule has 2 N–H and O–H groups in total. The van der Waals surface area contributed by atoms with Crippen molar-refractivity contribution in [2.45, 2.75) is 51.1 Å². The second kappa shape index (κ2) is 11.4. The highest BCUT2D eigenvalue weighted by molar-refractivity contribution is 9.10. The Labute approximate surface area is 169 Å². The van der Waals surface area contributed by atoms with Crippen molar-refractivity contribution in [2.24, 2.45) is 0 Å². The smallest absolute Gasteiger partial charge is 0.414 e. The van der Waals surface area contributed by atoms with E-state index in [9.17, 15) is 0 Å². The van der Waals surface area contributed by atoms with Gasteiger partial charge in [-0.3, -0.25) is 4.90 Å². The molecule has 0 saturated carbocycles. The van der Waals surface area contributed by atoms with Gasteiger partial charge in [-0.2, -0.15) is 0 Å². The SMILES string of the molecule is Brc1cccc(CN2CCC(N3CCCCCC3)CC2)c1.O=C(O)C(=O)O. The van der Waals surface area contributed by atoms with Crippen LogP contribution in [0.5, 0.6) is 0 Å². The van der Waals surface area contributed by atoms with Gasteiger partial charge in [-0.25, -0.2) is 9.59 Å². The molecule has 0 bridgehead atoms. The van der Waals surface area contributed by atoms with Crippen LogP contribution >= 0.6 is 15.9 Å². The summed E-state index contributed by atoms with van der Waals surface area (Å²) in [6.07, 6.45) is 8.43. The average Bonchev–Trinajstić information content (AvgIpc) is 2.92. The number of likely N-dealkylation sites (tertiary alicyclic amines) is 2. The van der Waals surface area contributed by atoms with Gasteiger partial charge in [-0.15, -0.1) is 0 Å². The maximum absolute atomic E-state index is 9.10. The van der Waals surface area contributed by atoms with E-state index in [-0.39, 0.29) is 0 Å². The van der Waals surface area contributed by atoms with Crippen LogP contribution in [0.3, 0.4) is 0 Å². The van der Waals surface area contributed by atoms with E-state index in [1.54, 1.807) is 0 Å². The summed E-state index contributed by atoms with van der Waals surface area (Å²) in [5, 5.41) is 14.8. The van der Waals surface area contributed by atoms with Gasteiger partial charge in [-0.05, 0) is 69.6 Å². The van der Waals surface area contributed by atoms with Crippen LogP contribution in [-0.4, -0.2) is 64.2 Å². The van der Waals surface area contributed by atoms with Crippen LogP contribution in [0.1, 0.15) is 44.1 Å². The Morgan fingerprint density at radius 3 is 2.07 bits per heavy atom. The molecular formula is C20H29BrN2O4. The summed E-state index contributed by atoms with van der Waals surface area (Å²) >= 11 is 3.57. The topological polar surface area (TPSA) is 81.1 Å². The molecule has 27 heavy (non-hydrogen) atoms. The molecule has 0 radical (unpaired) electrons. The van der Waals surface area contributed by atoms with Crippen LogP contribution in [-0.2, 0) is 16.1 Å². The number of nitrogens with zero attached hydrogens (tertiary/aromatic N) is 2. The van der Waals surface area contributed by atoms with Crippen molar-refractivity contribution in [3.63, 3.8) is 0 Å². The lowest BCUT2D eigenvalue weighted by molar-refractivity contribution is -0.159. The summed E-state index contributed by atoms with van der Waals surface area (Å²) in [6.45, 7) is 6.31. The lowest BCUT2D eigenvalue weighted by atomic mass is 10.0. The molecule has 0 aromatic heterocycles. The number of benzene rings is 1. The highest BCUT2D eigenvalue weighted by Crippen LogP contribution is 2.22. The van der Waals surface area contributed by atoms with Gasteiger partial charge in [0, 0.05) is 17.1 Å². The molecule has 2 aliphatic heterocycles. The molecule has 0 atom stereocenters. The number of aliphatic carboxylic acids is 2. The summed E-state index contributed by atoms with van der Waals surface area (Å²) in [4.78, 5) is 23.6. The fraction of sp³-hybridized carbons (Fsp3) is 0.600. The number of piperidine rings is 1. The number of rotatable bonds is 3. The van der Waals surface area contributed by atoms with Crippen molar-refractivity contribution in [1.29, 1.82) is 0 Å². The zero-order valence-corrected chi connectivity index (χ0v) is 17.2. The van der Waals surface area contributed by atoms with Gasteiger partial charge in [0.15, 0.2) is 0 Å². The molecule has 0 amide bonds. The van der Waals surface area contributed by atoms with Crippen LogP contribution in [0.15, 0.2) is 28.7 Å². The predicted octanol–water partition coefficient (Wildman–Crippen LogP) is 3.45. The lowest BCUT2D eigenvalue weighted by Crippen LogP contribution is -2.45. The normalized spacial score (nSPS) is 19.6. The summed E-state index contributed by atoms with van der Waals surface area (Å²) in [5.74, 6) is -3.65. The third kappa shape index (κ3) is 7.99. The van der Waals surface area contributed by atoms with Gasteiger partial charge >= 0.3 is 11.9 Å². The maximum atomic E-state index is 9.10. The van der Waals surface area contributed by atoms with E-state index in [0.29, 0.717) is 0 Å². The molecule has 2 fully saturated rings. The molecule has 0 unspecified atom stereocenters. The highest BCUT2D eigenvalue weighted by Gasteiger charge is 2.24. The van der Waals surface area contributed by atoms with Gasteiger partial charge in [0.1, 0.15) is 0 Å². The minimum atomic E-state index is -1.82. The van der Waals surface area contributed by atoms with Crippen molar-refractivity contribution < 1.29 is 19.8 Å². The Morgan fingerprint density at radius 1 is 0.963 bits per heavy atom. The van der Waals surface area contributed by atoms with Crippen molar-refractivity contribution in [3.05, 3.63) is 34.3 Å². The number of hydrogen-bond donors (Lipinski definition) is 2. The average molecular weight is 441 g/mol. The zero-order valence-electron chi connectivity index (χ0n) is 15.6. The molecule has 0 spiro atoms. The number of halogens is 1. The second-order valence-electron chi connectivity index (χ2n) is 7.20. The van der Waals surface area contributed by atoms with Crippen LogP contribution in [0.2, 0.25) is 0 Å². The molecule has 2 aliphatic rings. The molecule has 1 aromatic rings. The molecule has 0 aliphatic carbocycles. The van der Waals surface area contributed by atoms with E-state index < -0.39 is 11.9 Å². The van der Waals surface area contributed by atoms with Crippen LogP contribution in [0, 0.1) is 0 Å². The first-order valence-electron chi connectivity index (χ1n) is 9.63. The van der Waals surface area contributed by atoms with E-state index in [1.807, 2.05) is 0 Å². The Kier molecular flexibility index (Phi) is 9.24. The Balaban J connectivity index is 0.000000380. The molecule has 2 saturated heterocycles. The minimum Gasteiger partial charge on any atom is -0.473 e. The van der Waals surface area contributed by atoms with Gasteiger partial charge in [0.25, 0.3) is 0 Å². The molecule has 3 rings (SSSR count). The summed E-state index contributed by atoms with van der Waals surface area (Å²) in [6, 6.07) is 9.59. The van der Waals surface area contributed by atoms with Crippen molar-refractivity contribution in [1.82, 2.24) is 9.80 Å². The number of carboxylic acid groups (broad SMARTS) is 2. The highest BCUT2D eigenvalue weighted by atomic mass is 79.9. The fourth-order valence-corrected chi connectivity index (χ4v) is 4.24. The standard InChI is InChI=1S/C18H27BrN2.C2H2O4/c19-17-7-5-6-16(14-17)15-20-12-8-18(9-13-20)21-10-3-1-2-4-11-21;3-1(4)2(5)6/h5-7,14,18H,1-4,8-13,15H2;(H,3,4)(H,5,6). The first-order chi connectivity index (χ1) is 13.0. The number of carboxylic acids is 2. The van der Waals surface area contributed by atoms with Crippen LogP contribution in [0.4, 0.5) is 0 Å². The number of carbonyl (C=O) groups is 2. The van der Waals surface area contributed by atoms with E-state index in [1.165, 1.54) is 74.7 Å². The molecular weight excluding hydrogens is 412 g/mol. The molecule has 7 heteroatoms. The van der Waals surface area contributed by atoms with Crippen molar-refractivity contribution in [3.8, 4) is 0 Å². The Bertz CT molecular complexity index is 598. The third-order valence-electron chi connectivity index (χ3n) is 5.19.